The first-order chi connectivity index (χ1) is 6.24. The van der Waals surface area contributed by atoms with Crippen molar-refractivity contribution in [2.24, 2.45) is 0 Å². The van der Waals surface area contributed by atoms with E-state index in [1.165, 1.54) is 0 Å². The van der Waals surface area contributed by atoms with Gasteiger partial charge in [0.25, 0.3) is 14.3 Å². The summed E-state index contributed by atoms with van der Waals surface area (Å²) in [5.41, 5.74) is 0. The van der Waals surface area contributed by atoms with E-state index in [1.54, 1.807) is 7.11 Å². The van der Waals surface area contributed by atoms with E-state index >= 15 is 0 Å². The van der Waals surface area contributed by atoms with Gasteiger partial charge in [-0.15, -0.1) is 0 Å². The standard InChI is InChI=1S/C11H24O2Si/c1-8-9-10(12-5)13-14(6,7)11(2,3)4/h9H,8H2,1-7H3/b10-9-. The highest BCUT2D eigenvalue weighted by Crippen LogP contribution is 2.37. The first-order valence-corrected chi connectivity index (χ1v) is 8.08. The van der Waals surface area contributed by atoms with Gasteiger partial charge in [0.2, 0.25) is 0 Å². The molecule has 14 heavy (non-hydrogen) atoms. The molecule has 0 amide bonds. The van der Waals surface area contributed by atoms with Crippen LogP contribution in [-0.2, 0) is 9.16 Å². The molecule has 0 aliphatic carbocycles. The van der Waals surface area contributed by atoms with Crippen LogP contribution in [0.25, 0.3) is 0 Å². The first-order valence-electron chi connectivity index (χ1n) is 5.17. The molecule has 3 heteroatoms. The molecule has 0 heterocycles. The predicted molar refractivity (Wildman–Crippen MR) is 63.7 cm³/mol. The van der Waals surface area contributed by atoms with E-state index < -0.39 is 8.32 Å². The number of methoxy groups -OCH3 is 1. The third-order valence-electron chi connectivity index (χ3n) is 2.73. The van der Waals surface area contributed by atoms with Gasteiger partial charge in [0.15, 0.2) is 0 Å². The summed E-state index contributed by atoms with van der Waals surface area (Å²) in [6.07, 6.45) is 2.93. The molecular formula is C11H24O2Si. The van der Waals surface area contributed by atoms with E-state index in [1.807, 2.05) is 6.08 Å². The van der Waals surface area contributed by atoms with Gasteiger partial charge in [0.05, 0.1) is 7.11 Å². The van der Waals surface area contributed by atoms with Gasteiger partial charge < -0.3 is 9.16 Å². The average molecular weight is 216 g/mol. The van der Waals surface area contributed by atoms with Crippen LogP contribution in [0.1, 0.15) is 34.1 Å². The summed E-state index contributed by atoms with van der Waals surface area (Å²) in [5, 5.41) is 0.221. The lowest BCUT2D eigenvalue weighted by Gasteiger charge is -2.36. The van der Waals surface area contributed by atoms with Crippen molar-refractivity contribution in [1.29, 1.82) is 0 Å². The lowest BCUT2D eigenvalue weighted by Crippen LogP contribution is -2.40. The van der Waals surface area contributed by atoms with Crippen LogP contribution in [0, 0.1) is 0 Å². The molecule has 0 rings (SSSR count). The molecule has 0 aromatic carbocycles. The minimum Gasteiger partial charge on any atom is -0.519 e. The van der Waals surface area contributed by atoms with Gasteiger partial charge in [0, 0.05) is 0 Å². The molecule has 0 bridgehead atoms. The maximum Gasteiger partial charge on any atom is 0.260 e. The Balaban J connectivity index is 4.56. The smallest absolute Gasteiger partial charge is 0.260 e. The lowest BCUT2D eigenvalue weighted by atomic mass is 10.2. The average Bonchev–Trinajstić information content (AvgIpc) is 2.01. The second-order valence-electron chi connectivity index (χ2n) is 5.00. The summed E-state index contributed by atoms with van der Waals surface area (Å²) >= 11 is 0. The largest absolute Gasteiger partial charge is 0.519 e. The fourth-order valence-electron chi connectivity index (χ4n) is 0.738. The summed E-state index contributed by atoms with van der Waals surface area (Å²) in [4.78, 5) is 0. The SMILES string of the molecule is CC/C=C(/OC)O[Si](C)(C)C(C)(C)C. The molecule has 0 aromatic heterocycles. The van der Waals surface area contributed by atoms with Crippen LogP contribution in [0.3, 0.4) is 0 Å². The van der Waals surface area contributed by atoms with E-state index in [0.29, 0.717) is 5.95 Å². The lowest BCUT2D eigenvalue weighted by molar-refractivity contribution is 0.139. The number of ether oxygens (including phenoxy) is 1. The topological polar surface area (TPSA) is 18.5 Å². The highest BCUT2D eigenvalue weighted by molar-refractivity contribution is 6.74. The third-order valence-corrected chi connectivity index (χ3v) is 7.06. The molecular weight excluding hydrogens is 192 g/mol. The quantitative estimate of drug-likeness (QED) is 0.524. The van der Waals surface area contributed by atoms with Crippen LogP contribution >= 0.6 is 0 Å². The van der Waals surface area contributed by atoms with Crippen LogP contribution in [0.2, 0.25) is 18.1 Å². The van der Waals surface area contributed by atoms with E-state index in [0.717, 1.165) is 6.42 Å². The summed E-state index contributed by atoms with van der Waals surface area (Å²) in [6.45, 7) is 13.2. The number of hydrogen-bond donors (Lipinski definition) is 0. The monoisotopic (exact) mass is 216 g/mol. The molecule has 0 fully saturated rings. The minimum absolute atomic E-state index is 0.221. The van der Waals surface area contributed by atoms with E-state index in [9.17, 15) is 0 Å². The van der Waals surface area contributed by atoms with Gasteiger partial charge in [-0.1, -0.05) is 27.7 Å². The second-order valence-corrected chi connectivity index (χ2v) is 9.72. The zero-order valence-corrected chi connectivity index (χ0v) is 11.6. The zero-order chi connectivity index (χ0) is 11.4. The van der Waals surface area contributed by atoms with Crippen LogP contribution in [0.5, 0.6) is 0 Å². The van der Waals surface area contributed by atoms with Gasteiger partial charge in [-0.25, -0.2) is 0 Å². The Morgan fingerprint density at radius 3 is 2.07 bits per heavy atom. The molecule has 2 nitrogen and oxygen atoms in total. The number of allylic oxidation sites excluding steroid dienone is 1. The predicted octanol–water partition coefficient (Wildman–Crippen LogP) is 3.91. The second kappa shape index (κ2) is 4.87. The Labute approximate surface area is 89.4 Å². The molecule has 0 aliphatic heterocycles. The third kappa shape index (κ3) is 3.74. The summed E-state index contributed by atoms with van der Waals surface area (Å²) in [7, 11) is -0.0581. The molecule has 0 radical (unpaired) electrons. The van der Waals surface area contributed by atoms with Crippen LogP contribution in [-0.4, -0.2) is 15.4 Å². The van der Waals surface area contributed by atoms with Crippen molar-refractivity contribution in [3.05, 3.63) is 12.0 Å². The van der Waals surface area contributed by atoms with Gasteiger partial charge >= 0.3 is 0 Å². The molecule has 0 atom stereocenters. The Morgan fingerprint density at radius 2 is 1.79 bits per heavy atom. The summed E-state index contributed by atoms with van der Waals surface area (Å²) in [5.74, 6) is 0.680. The molecule has 0 spiro atoms. The van der Waals surface area contributed by atoms with Gasteiger partial charge in [-0.05, 0) is 30.6 Å². The maximum atomic E-state index is 5.97. The normalized spacial score (nSPS) is 14.1. The molecule has 84 valence electrons. The van der Waals surface area contributed by atoms with Crippen molar-refractivity contribution >= 4 is 8.32 Å². The maximum absolute atomic E-state index is 5.97. The fraction of sp³-hybridized carbons (Fsp3) is 0.818. The molecule has 0 aromatic rings. The van der Waals surface area contributed by atoms with Gasteiger partial charge in [0.1, 0.15) is 0 Å². The van der Waals surface area contributed by atoms with Crippen molar-refractivity contribution in [2.45, 2.75) is 52.2 Å². The molecule has 0 saturated heterocycles. The zero-order valence-electron chi connectivity index (χ0n) is 10.6. The van der Waals surface area contributed by atoms with Crippen LogP contribution < -0.4 is 0 Å². The van der Waals surface area contributed by atoms with Crippen LogP contribution in [0.15, 0.2) is 12.0 Å². The van der Waals surface area contributed by atoms with Crippen molar-refractivity contribution < 1.29 is 9.16 Å². The Bertz CT molecular complexity index is 202. The number of hydrogen-bond acceptors (Lipinski definition) is 2. The van der Waals surface area contributed by atoms with Crippen molar-refractivity contribution in [1.82, 2.24) is 0 Å². The highest BCUT2D eigenvalue weighted by atomic mass is 28.4. The Kier molecular flexibility index (Phi) is 4.72. The number of rotatable bonds is 4. The van der Waals surface area contributed by atoms with Crippen molar-refractivity contribution in [3.63, 3.8) is 0 Å². The van der Waals surface area contributed by atoms with E-state index in [2.05, 4.69) is 40.8 Å². The van der Waals surface area contributed by atoms with E-state index in [4.69, 9.17) is 9.16 Å². The summed E-state index contributed by atoms with van der Waals surface area (Å²) < 4.78 is 11.2. The van der Waals surface area contributed by atoms with Crippen molar-refractivity contribution in [2.75, 3.05) is 7.11 Å². The van der Waals surface area contributed by atoms with Crippen molar-refractivity contribution in [3.8, 4) is 0 Å². The Hall–Kier alpha value is -0.443. The highest BCUT2D eigenvalue weighted by Gasteiger charge is 2.39. The van der Waals surface area contributed by atoms with Crippen LogP contribution in [0.4, 0.5) is 0 Å². The van der Waals surface area contributed by atoms with E-state index in [-0.39, 0.29) is 5.04 Å². The first kappa shape index (κ1) is 13.6. The molecule has 0 aliphatic rings. The molecule has 0 saturated carbocycles. The summed E-state index contributed by atoms with van der Waals surface area (Å²) in [6, 6.07) is 0. The Morgan fingerprint density at radius 1 is 1.29 bits per heavy atom. The molecule has 0 unspecified atom stereocenters. The minimum atomic E-state index is -1.72. The van der Waals surface area contributed by atoms with Gasteiger partial charge in [-0.3, -0.25) is 0 Å². The van der Waals surface area contributed by atoms with Gasteiger partial charge in [-0.2, -0.15) is 0 Å². The molecule has 0 N–H and O–H groups in total. The fourth-order valence-corrected chi connectivity index (χ4v) is 1.71.